The van der Waals surface area contributed by atoms with E-state index in [9.17, 15) is 0 Å². The van der Waals surface area contributed by atoms with Crippen LogP contribution < -0.4 is 14.8 Å². The van der Waals surface area contributed by atoms with Gasteiger partial charge in [0.1, 0.15) is 17.6 Å². The zero-order valence-corrected chi connectivity index (χ0v) is 16.2. The minimum atomic E-state index is 0.0219. The fraction of sp³-hybridized carbons (Fsp3) is 0.429. The van der Waals surface area contributed by atoms with Crippen molar-refractivity contribution >= 4 is 17.3 Å². The Balaban J connectivity index is 1.55. The van der Waals surface area contributed by atoms with Crippen LogP contribution in [0.5, 0.6) is 11.5 Å². The zero-order chi connectivity index (χ0) is 18.6. The number of ether oxygens (including phenoxy) is 3. The van der Waals surface area contributed by atoms with Crippen LogP contribution in [0, 0.1) is 0 Å². The fourth-order valence-electron chi connectivity index (χ4n) is 3.70. The summed E-state index contributed by atoms with van der Waals surface area (Å²) in [5.41, 5.74) is 2.37. The molecule has 4 rings (SSSR count). The molecule has 0 aromatic heterocycles. The van der Waals surface area contributed by atoms with Gasteiger partial charge < -0.3 is 19.5 Å². The molecule has 6 heteroatoms. The first kappa shape index (κ1) is 18.4. The number of hydrogen-bond acceptors (Lipinski definition) is 5. The van der Waals surface area contributed by atoms with Crippen LogP contribution in [0.4, 0.5) is 5.69 Å². The molecule has 144 valence electrons. The van der Waals surface area contributed by atoms with Crippen LogP contribution in [0.25, 0.3) is 0 Å². The predicted molar refractivity (Wildman–Crippen MR) is 107 cm³/mol. The van der Waals surface area contributed by atoms with Gasteiger partial charge in [0.15, 0.2) is 0 Å². The van der Waals surface area contributed by atoms with Crippen molar-refractivity contribution in [1.82, 2.24) is 4.90 Å². The van der Waals surface area contributed by atoms with Crippen molar-refractivity contribution in [2.24, 2.45) is 0 Å². The number of fused-ring (bicyclic) bond motifs is 1. The van der Waals surface area contributed by atoms with Crippen LogP contribution in [0.3, 0.4) is 0 Å². The number of methoxy groups -OCH3 is 1. The van der Waals surface area contributed by atoms with Crippen LogP contribution in [0.1, 0.15) is 5.56 Å². The van der Waals surface area contributed by atoms with E-state index >= 15 is 0 Å². The molecule has 1 fully saturated rings. The lowest BCUT2D eigenvalue weighted by Gasteiger charge is -2.38. The summed E-state index contributed by atoms with van der Waals surface area (Å²) < 4.78 is 17.2. The van der Waals surface area contributed by atoms with Crippen molar-refractivity contribution in [3.63, 3.8) is 0 Å². The van der Waals surface area contributed by atoms with Gasteiger partial charge in [-0.1, -0.05) is 11.6 Å². The highest BCUT2D eigenvalue weighted by Crippen LogP contribution is 2.31. The van der Waals surface area contributed by atoms with Crippen LogP contribution >= 0.6 is 11.6 Å². The second-order valence-electron chi connectivity index (χ2n) is 7.00. The summed E-state index contributed by atoms with van der Waals surface area (Å²) in [5, 5.41) is 4.40. The number of rotatable bonds is 5. The maximum Gasteiger partial charge on any atom is 0.124 e. The van der Waals surface area contributed by atoms with Crippen LogP contribution in [-0.2, 0) is 11.2 Å². The first-order valence-corrected chi connectivity index (χ1v) is 9.75. The molecule has 2 atom stereocenters. The van der Waals surface area contributed by atoms with E-state index < -0.39 is 0 Å². The van der Waals surface area contributed by atoms with Gasteiger partial charge >= 0.3 is 0 Å². The molecule has 27 heavy (non-hydrogen) atoms. The summed E-state index contributed by atoms with van der Waals surface area (Å²) in [4.78, 5) is 2.44. The number of nitrogens with zero attached hydrogens (tertiary/aromatic N) is 1. The van der Waals surface area contributed by atoms with Crippen molar-refractivity contribution < 1.29 is 14.2 Å². The number of anilines is 1. The molecule has 2 aliphatic heterocycles. The quantitative estimate of drug-likeness (QED) is 0.849. The molecular formula is C21H25ClN2O3. The second-order valence-corrected chi connectivity index (χ2v) is 7.44. The second kappa shape index (κ2) is 8.38. The van der Waals surface area contributed by atoms with Crippen LogP contribution in [0.15, 0.2) is 42.5 Å². The number of morpholine rings is 1. The summed E-state index contributed by atoms with van der Waals surface area (Å²) in [5.74, 6) is 1.71. The molecule has 2 aromatic rings. The molecule has 2 aliphatic rings. The number of halogens is 1. The van der Waals surface area contributed by atoms with Gasteiger partial charge in [0.2, 0.25) is 0 Å². The molecule has 0 aliphatic carbocycles. The Hall–Kier alpha value is -1.95. The molecule has 0 bridgehead atoms. The van der Waals surface area contributed by atoms with Gasteiger partial charge in [-0.15, -0.1) is 0 Å². The average Bonchev–Trinajstić information content (AvgIpc) is 2.70. The molecule has 2 heterocycles. The topological polar surface area (TPSA) is 43.0 Å². The van der Waals surface area contributed by atoms with E-state index in [4.69, 9.17) is 25.8 Å². The summed E-state index contributed by atoms with van der Waals surface area (Å²) in [6, 6.07) is 14.0. The minimum Gasteiger partial charge on any atom is -0.497 e. The van der Waals surface area contributed by atoms with Gasteiger partial charge in [-0.05, 0) is 48.0 Å². The smallest absolute Gasteiger partial charge is 0.124 e. The van der Waals surface area contributed by atoms with Gasteiger partial charge in [-0.2, -0.15) is 0 Å². The van der Waals surface area contributed by atoms with E-state index in [1.807, 2.05) is 30.3 Å². The normalized spacial score (nSPS) is 22.6. The van der Waals surface area contributed by atoms with Crippen molar-refractivity contribution in [2.45, 2.75) is 18.6 Å². The molecule has 0 saturated carbocycles. The minimum absolute atomic E-state index is 0.0219. The van der Waals surface area contributed by atoms with E-state index in [0.717, 1.165) is 56.5 Å². The summed E-state index contributed by atoms with van der Waals surface area (Å²) in [6.07, 6.45) is 0.852. The van der Waals surface area contributed by atoms with E-state index in [0.29, 0.717) is 5.02 Å². The molecule has 0 spiro atoms. The lowest BCUT2D eigenvalue weighted by atomic mass is 9.94. The number of benzene rings is 2. The lowest BCUT2D eigenvalue weighted by Crippen LogP contribution is -2.51. The first-order chi connectivity index (χ1) is 13.2. The highest BCUT2D eigenvalue weighted by atomic mass is 35.5. The van der Waals surface area contributed by atoms with E-state index in [-0.39, 0.29) is 12.1 Å². The Bertz CT molecular complexity index is 763. The average molecular weight is 389 g/mol. The predicted octanol–water partition coefficient (Wildman–Crippen LogP) is 3.47. The largest absolute Gasteiger partial charge is 0.497 e. The Morgan fingerprint density at radius 1 is 1.11 bits per heavy atom. The van der Waals surface area contributed by atoms with E-state index in [2.05, 4.69) is 22.3 Å². The van der Waals surface area contributed by atoms with E-state index in [1.165, 1.54) is 5.56 Å². The molecule has 5 nitrogen and oxygen atoms in total. The highest BCUT2D eigenvalue weighted by Gasteiger charge is 2.32. The number of hydrogen-bond donors (Lipinski definition) is 1. The van der Waals surface area contributed by atoms with Gasteiger partial charge in [-0.25, -0.2) is 0 Å². The third-order valence-corrected chi connectivity index (χ3v) is 5.43. The number of nitrogens with one attached hydrogen (secondary N) is 1. The maximum atomic E-state index is 6.37. The van der Waals surface area contributed by atoms with E-state index in [1.54, 1.807) is 7.11 Å². The highest BCUT2D eigenvalue weighted by molar-refractivity contribution is 6.30. The summed E-state index contributed by atoms with van der Waals surface area (Å²) in [6.45, 7) is 4.43. The van der Waals surface area contributed by atoms with Crippen LogP contribution in [-0.4, -0.2) is 57.0 Å². The fourth-order valence-corrected chi connectivity index (χ4v) is 3.82. The Morgan fingerprint density at radius 3 is 2.59 bits per heavy atom. The summed E-state index contributed by atoms with van der Waals surface area (Å²) in [7, 11) is 1.70. The van der Waals surface area contributed by atoms with Crippen molar-refractivity contribution in [2.75, 3.05) is 45.3 Å². The molecule has 2 aromatic carbocycles. The third kappa shape index (κ3) is 4.49. The maximum absolute atomic E-state index is 6.37. The lowest BCUT2D eigenvalue weighted by molar-refractivity contribution is 0.0287. The van der Waals surface area contributed by atoms with Gasteiger partial charge in [0.25, 0.3) is 0 Å². The Morgan fingerprint density at radius 2 is 1.85 bits per heavy atom. The van der Waals surface area contributed by atoms with Crippen molar-refractivity contribution in [3.8, 4) is 11.5 Å². The first-order valence-electron chi connectivity index (χ1n) is 9.37. The molecule has 1 saturated heterocycles. The SMILES string of the molecule is COc1ccc2c(c1)C[C@@H](Oc1ccc(Cl)cc1)[C@@H](CN1CCOCC1)N2. The summed E-state index contributed by atoms with van der Waals surface area (Å²) >= 11 is 6.01. The third-order valence-electron chi connectivity index (χ3n) is 5.18. The zero-order valence-electron chi connectivity index (χ0n) is 15.5. The molecule has 0 amide bonds. The Kier molecular flexibility index (Phi) is 5.72. The van der Waals surface area contributed by atoms with Gasteiger partial charge in [0, 0.05) is 36.8 Å². The van der Waals surface area contributed by atoms with Gasteiger partial charge in [-0.3, -0.25) is 4.90 Å². The molecule has 0 radical (unpaired) electrons. The van der Waals surface area contributed by atoms with Gasteiger partial charge in [0.05, 0.1) is 26.4 Å². The molecule has 0 unspecified atom stereocenters. The molecular weight excluding hydrogens is 364 g/mol. The molecule has 1 N–H and O–H groups in total. The van der Waals surface area contributed by atoms with Crippen LogP contribution in [0.2, 0.25) is 5.02 Å². The monoisotopic (exact) mass is 388 g/mol. The van der Waals surface area contributed by atoms with Crippen molar-refractivity contribution in [3.05, 3.63) is 53.1 Å². The Labute approximate surface area is 165 Å². The standard InChI is InChI=1S/C21H25ClN2O3/c1-25-18-6-7-19-15(12-18)13-21(27-17-4-2-16(22)3-5-17)20(23-19)14-24-8-10-26-11-9-24/h2-7,12,20-21,23H,8-11,13-14H2,1H3/t20-,21-/m1/s1. The van der Waals surface area contributed by atoms with Crippen molar-refractivity contribution in [1.29, 1.82) is 0 Å².